The largest absolute Gasteiger partial charge is 0.497 e. The van der Waals surface area contributed by atoms with Gasteiger partial charge >= 0.3 is 12.2 Å². The average Bonchev–Trinajstić information content (AvgIpc) is 3.42. The van der Waals surface area contributed by atoms with Crippen LogP contribution in [0.2, 0.25) is 0 Å². The van der Waals surface area contributed by atoms with Crippen LogP contribution in [0.15, 0.2) is 97.1 Å². The van der Waals surface area contributed by atoms with Crippen LogP contribution in [0, 0.1) is 5.82 Å². The summed E-state index contributed by atoms with van der Waals surface area (Å²) in [7, 11) is 1.58. The number of hydrogen-bond donors (Lipinski definition) is 1. The molecule has 0 saturated heterocycles. The van der Waals surface area contributed by atoms with Crippen molar-refractivity contribution < 1.29 is 31.8 Å². The van der Waals surface area contributed by atoms with E-state index in [2.05, 4.69) is 15.4 Å². The van der Waals surface area contributed by atoms with Crippen LogP contribution >= 0.6 is 0 Å². The summed E-state index contributed by atoms with van der Waals surface area (Å²) in [5.41, 5.74) is 1.56. The van der Waals surface area contributed by atoms with E-state index in [9.17, 15) is 22.4 Å². The highest BCUT2D eigenvalue weighted by Crippen LogP contribution is 2.33. The Balaban J connectivity index is 1.39. The van der Waals surface area contributed by atoms with Crippen molar-refractivity contribution in [3.05, 3.63) is 120 Å². The number of nitrogens with one attached hydrogen (secondary N) is 1. The Labute approximate surface area is 238 Å². The summed E-state index contributed by atoms with van der Waals surface area (Å²) in [4.78, 5) is 16.9. The Kier molecular flexibility index (Phi) is 8.19. The number of amides is 1. The Hall–Kier alpha value is -5.19. The Morgan fingerprint density at radius 1 is 0.929 bits per heavy atom. The van der Waals surface area contributed by atoms with E-state index in [0.717, 1.165) is 23.4 Å². The molecule has 0 radical (unpaired) electrons. The van der Waals surface area contributed by atoms with Gasteiger partial charge in [0.05, 0.1) is 25.0 Å². The number of carbonyl (C=O) groups is 1. The van der Waals surface area contributed by atoms with Crippen molar-refractivity contribution in [2.45, 2.75) is 12.6 Å². The molecule has 1 heterocycles. The highest BCUT2D eigenvalue weighted by molar-refractivity contribution is 6.04. The normalized spacial score (nSPS) is 11.3. The van der Waals surface area contributed by atoms with E-state index in [1.165, 1.54) is 41.1 Å². The molecule has 0 fully saturated rings. The first kappa shape index (κ1) is 28.3. The van der Waals surface area contributed by atoms with Crippen LogP contribution in [0.4, 0.5) is 23.2 Å². The van der Waals surface area contributed by atoms with Crippen LogP contribution in [0.5, 0.6) is 11.8 Å². The second-order valence-corrected chi connectivity index (χ2v) is 9.16. The van der Waals surface area contributed by atoms with Crippen molar-refractivity contribution in [1.29, 1.82) is 0 Å². The number of benzene rings is 4. The van der Waals surface area contributed by atoms with Crippen molar-refractivity contribution in [2.75, 3.05) is 19.0 Å². The fourth-order valence-electron chi connectivity index (χ4n) is 4.10. The second-order valence-electron chi connectivity index (χ2n) is 9.16. The molecule has 1 aromatic heterocycles. The first-order valence-electron chi connectivity index (χ1n) is 12.8. The van der Waals surface area contributed by atoms with Crippen molar-refractivity contribution in [1.82, 2.24) is 14.8 Å². The van der Waals surface area contributed by atoms with Gasteiger partial charge in [0.15, 0.2) is 5.82 Å². The number of ether oxygens (including phenoxy) is 2. The minimum absolute atomic E-state index is 0.00962. The van der Waals surface area contributed by atoms with Crippen LogP contribution in [-0.2, 0) is 12.6 Å². The fourth-order valence-corrected chi connectivity index (χ4v) is 4.10. The van der Waals surface area contributed by atoms with E-state index in [-0.39, 0.29) is 29.6 Å². The van der Waals surface area contributed by atoms with E-state index in [4.69, 9.17) is 9.47 Å². The number of nitrogens with zero attached hydrogens (tertiary/aromatic N) is 3. The first-order valence-corrected chi connectivity index (χ1v) is 12.8. The summed E-state index contributed by atoms with van der Waals surface area (Å²) in [5.74, 6) is -0.0133. The maximum absolute atomic E-state index is 13.5. The molecule has 5 aromatic rings. The summed E-state index contributed by atoms with van der Waals surface area (Å²) < 4.78 is 65.9. The Bertz CT molecular complexity index is 1670. The van der Waals surface area contributed by atoms with Gasteiger partial charge in [-0.25, -0.2) is 9.07 Å². The monoisotopic (exact) mass is 576 g/mol. The number of aromatic nitrogens is 3. The summed E-state index contributed by atoms with van der Waals surface area (Å²) >= 11 is 0. The van der Waals surface area contributed by atoms with E-state index >= 15 is 0 Å². The lowest BCUT2D eigenvalue weighted by molar-refractivity contribution is -0.137. The molecule has 0 atom stereocenters. The van der Waals surface area contributed by atoms with Crippen molar-refractivity contribution in [2.24, 2.45) is 0 Å². The molecule has 0 bridgehead atoms. The number of hydrogen-bond acceptors (Lipinski definition) is 5. The van der Waals surface area contributed by atoms with Gasteiger partial charge in [-0.15, -0.1) is 5.10 Å². The van der Waals surface area contributed by atoms with Gasteiger partial charge in [0.1, 0.15) is 11.6 Å². The smallest absolute Gasteiger partial charge is 0.416 e. The van der Waals surface area contributed by atoms with Crippen LogP contribution in [0.3, 0.4) is 0 Å². The quantitative estimate of drug-likeness (QED) is 0.192. The molecule has 4 aromatic carbocycles. The number of methoxy groups -OCH3 is 1. The summed E-state index contributed by atoms with van der Waals surface area (Å²) in [6.07, 6.45) is -4.00. The molecule has 0 aliphatic heterocycles. The lowest BCUT2D eigenvalue weighted by Gasteiger charge is -2.10. The number of carbonyl (C=O) groups excluding carboxylic acids is 1. The topological polar surface area (TPSA) is 78.3 Å². The molecular weight excluding hydrogens is 552 g/mol. The van der Waals surface area contributed by atoms with Gasteiger partial charge in [-0.2, -0.15) is 18.2 Å². The maximum Gasteiger partial charge on any atom is 0.416 e. The minimum atomic E-state index is -4.54. The van der Waals surface area contributed by atoms with Crippen LogP contribution in [0.1, 0.15) is 21.5 Å². The van der Waals surface area contributed by atoms with E-state index < -0.39 is 23.5 Å². The third kappa shape index (κ3) is 6.74. The van der Waals surface area contributed by atoms with Gasteiger partial charge in [0.2, 0.25) is 0 Å². The molecule has 7 nitrogen and oxygen atoms in total. The zero-order valence-electron chi connectivity index (χ0n) is 22.2. The first-order chi connectivity index (χ1) is 20.2. The lowest BCUT2D eigenvalue weighted by Crippen LogP contribution is -2.12. The van der Waals surface area contributed by atoms with Crippen molar-refractivity contribution >= 4 is 11.6 Å². The molecule has 0 unspecified atom stereocenters. The third-order valence-corrected chi connectivity index (χ3v) is 6.29. The van der Waals surface area contributed by atoms with Gasteiger partial charge < -0.3 is 14.8 Å². The summed E-state index contributed by atoms with van der Waals surface area (Å²) in [6.45, 7) is 0.229. The molecule has 42 heavy (non-hydrogen) atoms. The van der Waals surface area contributed by atoms with Gasteiger partial charge in [-0.3, -0.25) is 4.79 Å². The molecule has 0 aliphatic carbocycles. The van der Waals surface area contributed by atoms with Crippen molar-refractivity contribution in [3.63, 3.8) is 0 Å². The predicted octanol–water partition coefficient (Wildman–Crippen LogP) is 6.97. The van der Waals surface area contributed by atoms with Gasteiger partial charge in [0.25, 0.3) is 5.91 Å². The number of rotatable bonds is 9. The predicted molar refractivity (Wildman–Crippen MR) is 148 cm³/mol. The number of alkyl halides is 3. The summed E-state index contributed by atoms with van der Waals surface area (Å²) in [6, 6.07) is 23.8. The molecule has 1 N–H and O–H groups in total. The van der Waals surface area contributed by atoms with Crippen LogP contribution in [-0.4, -0.2) is 34.4 Å². The highest BCUT2D eigenvalue weighted by Gasteiger charge is 2.31. The number of anilines is 1. The zero-order chi connectivity index (χ0) is 29.7. The highest BCUT2D eigenvalue weighted by atomic mass is 19.4. The SMILES string of the molecule is COc1ccc(CCOc2nc(-c3cccc(C(F)(F)F)c3)n(-c3ccc(NC(=O)c4ccc(F)cc4)cc3)n2)cc1. The molecular formula is C31H24F4N4O3. The third-order valence-electron chi connectivity index (χ3n) is 6.29. The molecule has 0 spiro atoms. The molecule has 214 valence electrons. The Morgan fingerprint density at radius 3 is 2.31 bits per heavy atom. The van der Waals surface area contributed by atoms with Crippen LogP contribution < -0.4 is 14.8 Å². The van der Waals surface area contributed by atoms with Gasteiger partial charge in [0, 0.05) is 23.2 Å². The molecule has 11 heteroatoms. The van der Waals surface area contributed by atoms with Gasteiger partial charge in [-0.1, -0.05) is 24.3 Å². The fraction of sp³-hybridized carbons (Fsp3) is 0.129. The standard InChI is InChI=1S/C31H24F4N4O3/c1-41-27-15-5-20(6-16-27)17-18-42-30-37-28(22-3-2-4-23(19-22)31(33,34)35)39(38-30)26-13-11-25(12-14-26)36-29(40)21-7-9-24(32)10-8-21/h2-16,19H,17-18H2,1H3,(H,36,40). The van der Waals surface area contributed by atoms with E-state index in [1.807, 2.05) is 24.3 Å². The Morgan fingerprint density at radius 2 is 1.64 bits per heavy atom. The molecule has 0 aliphatic rings. The zero-order valence-corrected chi connectivity index (χ0v) is 22.2. The molecule has 1 amide bonds. The van der Waals surface area contributed by atoms with Gasteiger partial charge in [-0.05, 0) is 78.4 Å². The van der Waals surface area contributed by atoms with E-state index in [0.29, 0.717) is 17.8 Å². The van der Waals surface area contributed by atoms with Crippen molar-refractivity contribution in [3.8, 4) is 28.8 Å². The second kappa shape index (κ2) is 12.1. The average molecular weight is 577 g/mol. The van der Waals surface area contributed by atoms with E-state index in [1.54, 1.807) is 31.4 Å². The molecule has 5 rings (SSSR count). The minimum Gasteiger partial charge on any atom is -0.497 e. The number of halogens is 4. The maximum atomic E-state index is 13.5. The molecule has 0 saturated carbocycles. The summed E-state index contributed by atoms with van der Waals surface area (Å²) in [5, 5.41) is 7.13. The van der Waals surface area contributed by atoms with Crippen LogP contribution in [0.25, 0.3) is 17.1 Å². The lowest BCUT2D eigenvalue weighted by atomic mass is 10.1.